The number of fused-ring (bicyclic) bond motifs is 1. The molecular weight excluding hydrogens is 430 g/mol. The van der Waals surface area contributed by atoms with Crippen molar-refractivity contribution in [2.75, 3.05) is 26.7 Å². The molecule has 9 heteroatoms. The highest BCUT2D eigenvalue weighted by Crippen LogP contribution is 2.36. The second-order valence-corrected chi connectivity index (χ2v) is 10.1. The van der Waals surface area contributed by atoms with Crippen molar-refractivity contribution in [2.24, 2.45) is 5.92 Å². The van der Waals surface area contributed by atoms with E-state index in [0.29, 0.717) is 13.0 Å². The van der Waals surface area contributed by atoms with Crippen LogP contribution in [0.1, 0.15) is 27.2 Å². The van der Waals surface area contributed by atoms with Crippen molar-refractivity contribution >= 4 is 15.9 Å². The minimum Gasteiger partial charge on any atom is -0.487 e. The van der Waals surface area contributed by atoms with E-state index in [9.17, 15) is 18.3 Å². The summed E-state index contributed by atoms with van der Waals surface area (Å²) in [7, 11) is -2.18. The lowest BCUT2D eigenvalue weighted by Crippen LogP contribution is -2.50. The van der Waals surface area contributed by atoms with Gasteiger partial charge in [0.1, 0.15) is 16.7 Å². The minimum absolute atomic E-state index is 0.0122. The van der Waals surface area contributed by atoms with Crippen LogP contribution in [0.5, 0.6) is 5.75 Å². The maximum atomic E-state index is 13.5. The van der Waals surface area contributed by atoms with Crippen molar-refractivity contribution in [2.45, 2.75) is 44.2 Å². The second kappa shape index (κ2) is 9.97. The van der Waals surface area contributed by atoms with Crippen molar-refractivity contribution in [3.05, 3.63) is 42.7 Å². The molecule has 0 bridgehead atoms. The Morgan fingerprint density at radius 2 is 1.97 bits per heavy atom. The first kappa shape index (κ1) is 24.2. The summed E-state index contributed by atoms with van der Waals surface area (Å²) in [5.41, 5.74) is 1.68. The molecule has 32 heavy (non-hydrogen) atoms. The number of benzene rings is 1. The third-order valence-corrected chi connectivity index (χ3v) is 7.88. The van der Waals surface area contributed by atoms with Gasteiger partial charge in [-0.05, 0) is 42.3 Å². The molecule has 0 saturated heterocycles. The van der Waals surface area contributed by atoms with E-state index in [4.69, 9.17) is 4.74 Å². The molecule has 2 heterocycles. The number of aliphatic hydroxyl groups excluding tert-OH is 1. The number of aliphatic hydroxyl groups is 1. The van der Waals surface area contributed by atoms with E-state index in [1.54, 1.807) is 56.4 Å². The van der Waals surface area contributed by atoms with Crippen molar-refractivity contribution in [3.8, 4) is 16.9 Å². The number of carbonyl (C=O) groups is 1. The molecule has 0 aliphatic carbocycles. The summed E-state index contributed by atoms with van der Waals surface area (Å²) in [6.45, 7) is 5.59. The Balaban J connectivity index is 2.11. The molecule has 0 fully saturated rings. The number of sulfonamides is 1. The number of amides is 1. The molecule has 1 aliphatic rings. The van der Waals surface area contributed by atoms with Crippen LogP contribution in [0.15, 0.2) is 47.6 Å². The minimum atomic E-state index is -3.90. The maximum Gasteiger partial charge on any atom is 0.247 e. The van der Waals surface area contributed by atoms with Gasteiger partial charge >= 0.3 is 0 Å². The summed E-state index contributed by atoms with van der Waals surface area (Å²) in [5, 5.41) is 9.73. The van der Waals surface area contributed by atoms with Gasteiger partial charge in [0.05, 0.1) is 13.2 Å². The molecule has 174 valence electrons. The standard InChI is InChI=1S/C23H31N3O5S/c1-5-23(28)25(4)14-21-16(2)13-26(17(3)15-27)32(29,30)22-7-6-19(12-20(22)31-21)18-8-10-24-11-9-18/h6-12,16-17,21,27H,5,13-15H2,1-4H3/t16-,17+,21-/m1/s1. The normalized spacial score (nSPS) is 21.5. The summed E-state index contributed by atoms with van der Waals surface area (Å²) in [5.74, 6) is 0.00813. The van der Waals surface area contributed by atoms with Gasteiger partial charge in [-0.1, -0.05) is 19.9 Å². The fourth-order valence-electron chi connectivity index (χ4n) is 3.81. The van der Waals surface area contributed by atoms with Crippen LogP contribution < -0.4 is 4.74 Å². The van der Waals surface area contributed by atoms with Crippen LogP contribution in [-0.2, 0) is 14.8 Å². The number of hydrogen-bond donors (Lipinski definition) is 1. The van der Waals surface area contributed by atoms with Crippen LogP contribution in [0, 0.1) is 5.92 Å². The summed E-state index contributed by atoms with van der Waals surface area (Å²) in [6.07, 6.45) is 3.29. The van der Waals surface area contributed by atoms with Gasteiger partial charge in [-0.15, -0.1) is 0 Å². The van der Waals surface area contributed by atoms with Crippen molar-refractivity contribution in [3.63, 3.8) is 0 Å². The molecule has 0 unspecified atom stereocenters. The van der Waals surface area contributed by atoms with E-state index in [1.165, 1.54) is 4.31 Å². The van der Waals surface area contributed by atoms with Crippen LogP contribution in [0.2, 0.25) is 0 Å². The van der Waals surface area contributed by atoms with Gasteiger partial charge < -0.3 is 14.7 Å². The van der Waals surface area contributed by atoms with E-state index in [1.807, 2.05) is 19.1 Å². The largest absolute Gasteiger partial charge is 0.487 e. The predicted molar refractivity (Wildman–Crippen MR) is 122 cm³/mol. The Kier molecular flexibility index (Phi) is 7.53. The zero-order valence-electron chi connectivity index (χ0n) is 18.9. The van der Waals surface area contributed by atoms with Crippen LogP contribution >= 0.6 is 0 Å². The molecular formula is C23H31N3O5S. The Hall–Kier alpha value is -2.49. The predicted octanol–water partition coefficient (Wildman–Crippen LogP) is 2.39. The van der Waals surface area contributed by atoms with Gasteiger partial charge in [-0.3, -0.25) is 9.78 Å². The van der Waals surface area contributed by atoms with Gasteiger partial charge in [0.2, 0.25) is 15.9 Å². The van der Waals surface area contributed by atoms with Gasteiger partial charge in [-0.2, -0.15) is 4.31 Å². The van der Waals surface area contributed by atoms with Crippen molar-refractivity contribution < 1.29 is 23.1 Å². The quantitative estimate of drug-likeness (QED) is 0.709. The molecule has 3 rings (SSSR count). The highest BCUT2D eigenvalue weighted by atomic mass is 32.2. The lowest BCUT2D eigenvalue weighted by Gasteiger charge is -2.37. The summed E-state index contributed by atoms with van der Waals surface area (Å²) >= 11 is 0. The van der Waals surface area contributed by atoms with E-state index < -0.39 is 22.2 Å². The van der Waals surface area contributed by atoms with E-state index in [-0.39, 0.29) is 35.6 Å². The van der Waals surface area contributed by atoms with Gasteiger partial charge in [0.15, 0.2) is 0 Å². The Morgan fingerprint density at radius 3 is 2.59 bits per heavy atom. The lowest BCUT2D eigenvalue weighted by atomic mass is 10.0. The molecule has 2 aromatic rings. The zero-order chi connectivity index (χ0) is 23.5. The third kappa shape index (κ3) is 4.95. The summed E-state index contributed by atoms with van der Waals surface area (Å²) in [6, 6.07) is 8.09. The highest BCUT2D eigenvalue weighted by Gasteiger charge is 2.38. The molecule has 1 amide bonds. The number of rotatable bonds is 6. The molecule has 1 aliphatic heterocycles. The number of carbonyl (C=O) groups excluding carboxylic acids is 1. The van der Waals surface area contributed by atoms with E-state index >= 15 is 0 Å². The Morgan fingerprint density at radius 1 is 1.28 bits per heavy atom. The second-order valence-electron chi connectivity index (χ2n) is 8.27. The molecule has 0 saturated carbocycles. The Labute approximate surface area is 189 Å². The molecule has 1 aromatic carbocycles. The molecule has 8 nitrogen and oxygen atoms in total. The fraction of sp³-hybridized carbons (Fsp3) is 0.478. The first-order valence-corrected chi connectivity index (χ1v) is 12.2. The lowest BCUT2D eigenvalue weighted by molar-refractivity contribution is -0.131. The van der Waals surface area contributed by atoms with Crippen LogP contribution in [-0.4, -0.2) is 72.5 Å². The highest BCUT2D eigenvalue weighted by molar-refractivity contribution is 7.89. The number of likely N-dealkylation sites (N-methyl/N-ethyl adjacent to an activating group) is 1. The van der Waals surface area contributed by atoms with Crippen molar-refractivity contribution in [1.29, 1.82) is 0 Å². The smallest absolute Gasteiger partial charge is 0.247 e. The first-order valence-electron chi connectivity index (χ1n) is 10.8. The molecule has 1 N–H and O–H groups in total. The number of nitrogens with zero attached hydrogens (tertiary/aromatic N) is 3. The maximum absolute atomic E-state index is 13.5. The Bertz CT molecular complexity index is 1040. The zero-order valence-corrected chi connectivity index (χ0v) is 19.7. The van der Waals surface area contributed by atoms with E-state index in [0.717, 1.165) is 11.1 Å². The topological polar surface area (TPSA) is 100 Å². The average Bonchev–Trinajstić information content (AvgIpc) is 2.80. The van der Waals surface area contributed by atoms with E-state index in [2.05, 4.69) is 4.98 Å². The fourth-order valence-corrected chi connectivity index (χ4v) is 5.63. The van der Waals surface area contributed by atoms with Crippen LogP contribution in [0.3, 0.4) is 0 Å². The number of hydrogen-bond acceptors (Lipinski definition) is 6. The first-order chi connectivity index (χ1) is 15.2. The SMILES string of the molecule is CCC(=O)N(C)C[C@H]1Oc2cc(-c3ccncc3)ccc2S(=O)(=O)N([C@@H](C)CO)C[C@H]1C. The van der Waals surface area contributed by atoms with Gasteiger partial charge in [0.25, 0.3) is 0 Å². The molecule has 3 atom stereocenters. The van der Waals surface area contributed by atoms with Crippen LogP contribution in [0.25, 0.3) is 11.1 Å². The molecule has 1 aromatic heterocycles. The third-order valence-electron chi connectivity index (χ3n) is 5.86. The number of ether oxygens (including phenoxy) is 1. The monoisotopic (exact) mass is 461 g/mol. The summed E-state index contributed by atoms with van der Waals surface area (Å²) < 4.78 is 34.7. The van der Waals surface area contributed by atoms with Gasteiger partial charge in [-0.25, -0.2) is 8.42 Å². The number of aromatic nitrogens is 1. The van der Waals surface area contributed by atoms with Crippen LogP contribution in [0.4, 0.5) is 0 Å². The van der Waals surface area contributed by atoms with Crippen molar-refractivity contribution in [1.82, 2.24) is 14.2 Å². The average molecular weight is 462 g/mol. The molecule has 0 radical (unpaired) electrons. The molecule has 0 spiro atoms. The number of pyridine rings is 1. The summed E-state index contributed by atoms with van der Waals surface area (Å²) in [4.78, 5) is 17.9. The van der Waals surface area contributed by atoms with Gasteiger partial charge in [0, 0.05) is 44.4 Å².